The maximum Gasteiger partial charge on any atom is 0.322 e. The van der Waals surface area contributed by atoms with Crippen LogP contribution in [0.15, 0.2) is 0 Å². The van der Waals surface area contributed by atoms with Crippen molar-refractivity contribution < 1.29 is 9.90 Å². The highest BCUT2D eigenvalue weighted by Gasteiger charge is 2.12. The first kappa shape index (κ1) is 10.4. The van der Waals surface area contributed by atoms with Gasteiger partial charge >= 0.3 is 5.97 Å². The topological polar surface area (TPSA) is 61.4 Å². The van der Waals surface area contributed by atoms with Crippen molar-refractivity contribution in [3.63, 3.8) is 0 Å². The molecule has 0 saturated heterocycles. The van der Waals surface area contributed by atoms with E-state index in [-0.39, 0.29) is 0 Å². The molecule has 0 aliphatic rings. The Morgan fingerprint density at radius 1 is 1.64 bits per heavy atom. The zero-order chi connectivity index (χ0) is 8.69. The van der Waals surface area contributed by atoms with E-state index in [1.807, 2.05) is 6.92 Å². The molecule has 0 radical (unpaired) electrons. The molecule has 0 aromatic heterocycles. The van der Waals surface area contributed by atoms with E-state index >= 15 is 0 Å². The van der Waals surface area contributed by atoms with Crippen LogP contribution < -0.4 is 10.6 Å². The summed E-state index contributed by atoms with van der Waals surface area (Å²) in [6.45, 7) is 3.40. The van der Waals surface area contributed by atoms with Crippen molar-refractivity contribution in [2.24, 2.45) is 0 Å². The second-order valence-electron chi connectivity index (χ2n) is 2.38. The van der Waals surface area contributed by atoms with E-state index in [4.69, 9.17) is 5.11 Å². The summed E-state index contributed by atoms with van der Waals surface area (Å²) < 4.78 is 0. The molecule has 0 aliphatic heterocycles. The van der Waals surface area contributed by atoms with Gasteiger partial charge in [-0.1, -0.05) is 6.92 Å². The van der Waals surface area contributed by atoms with Crippen LogP contribution in [0.1, 0.15) is 13.3 Å². The zero-order valence-corrected chi connectivity index (χ0v) is 7.05. The van der Waals surface area contributed by atoms with Crippen LogP contribution in [0.5, 0.6) is 0 Å². The van der Waals surface area contributed by atoms with Crippen molar-refractivity contribution in [1.82, 2.24) is 10.6 Å². The molecule has 3 N–H and O–H groups in total. The fourth-order valence-electron chi connectivity index (χ4n) is 0.736. The van der Waals surface area contributed by atoms with Gasteiger partial charge in [-0.2, -0.15) is 0 Å². The standard InChI is InChI=1S/C7H16N2O2/c1-3-4-9-5-6(8-2)7(10)11/h6,8-9H,3-5H2,1-2H3,(H,10,11). The van der Waals surface area contributed by atoms with Crippen molar-refractivity contribution >= 4 is 5.97 Å². The number of aliphatic carboxylic acids is 1. The highest BCUT2D eigenvalue weighted by molar-refractivity contribution is 5.73. The molecule has 4 nitrogen and oxygen atoms in total. The SMILES string of the molecule is CCCNCC(NC)C(=O)O. The molecular formula is C7H16N2O2. The summed E-state index contributed by atoms with van der Waals surface area (Å²) in [5.74, 6) is -0.809. The van der Waals surface area contributed by atoms with Crippen LogP contribution >= 0.6 is 0 Å². The van der Waals surface area contributed by atoms with E-state index in [0.717, 1.165) is 13.0 Å². The Hall–Kier alpha value is -0.610. The highest BCUT2D eigenvalue weighted by Crippen LogP contribution is 1.80. The molecular weight excluding hydrogens is 144 g/mol. The fraction of sp³-hybridized carbons (Fsp3) is 0.857. The Morgan fingerprint density at radius 3 is 2.64 bits per heavy atom. The molecule has 0 saturated carbocycles. The Morgan fingerprint density at radius 2 is 2.27 bits per heavy atom. The molecule has 0 aliphatic carbocycles. The molecule has 0 bridgehead atoms. The maximum absolute atomic E-state index is 10.4. The van der Waals surface area contributed by atoms with Gasteiger partial charge in [0, 0.05) is 6.54 Å². The van der Waals surface area contributed by atoms with Gasteiger partial charge in [0.2, 0.25) is 0 Å². The van der Waals surface area contributed by atoms with Crippen LogP contribution in [0.25, 0.3) is 0 Å². The second-order valence-corrected chi connectivity index (χ2v) is 2.38. The van der Waals surface area contributed by atoms with E-state index in [2.05, 4.69) is 10.6 Å². The molecule has 0 fully saturated rings. The van der Waals surface area contributed by atoms with Crippen molar-refractivity contribution in [2.75, 3.05) is 20.1 Å². The molecule has 66 valence electrons. The predicted octanol–water partition coefficient (Wildman–Crippen LogP) is -0.341. The predicted molar refractivity (Wildman–Crippen MR) is 43.6 cm³/mol. The van der Waals surface area contributed by atoms with Gasteiger partial charge in [0.05, 0.1) is 0 Å². The first-order chi connectivity index (χ1) is 5.22. The van der Waals surface area contributed by atoms with Gasteiger partial charge in [0.1, 0.15) is 6.04 Å². The van der Waals surface area contributed by atoms with Gasteiger partial charge in [-0.25, -0.2) is 0 Å². The summed E-state index contributed by atoms with van der Waals surface area (Å²) in [6, 6.07) is -0.471. The third kappa shape index (κ3) is 4.75. The van der Waals surface area contributed by atoms with E-state index < -0.39 is 12.0 Å². The minimum absolute atomic E-state index is 0.471. The number of carboxylic acids is 1. The Bertz CT molecular complexity index is 117. The minimum Gasteiger partial charge on any atom is -0.480 e. The summed E-state index contributed by atoms with van der Waals surface area (Å²) >= 11 is 0. The number of likely N-dealkylation sites (N-methyl/N-ethyl adjacent to an activating group) is 1. The summed E-state index contributed by atoms with van der Waals surface area (Å²) in [7, 11) is 1.65. The van der Waals surface area contributed by atoms with Crippen LogP contribution in [0.2, 0.25) is 0 Å². The average molecular weight is 160 g/mol. The summed E-state index contributed by atoms with van der Waals surface area (Å²) in [6.07, 6.45) is 1.02. The lowest BCUT2D eigenvalue weighted by Gasteiger charge is -2.10. The average Bonchev–Trinajstić information content (AvgIpc) is 1.97. The number of hydrogen-bond donors (Lipinski definition) is 3. The van der Waals surface area contributed by atoms with Crippen LogP contribution in [0.4, 0.5) is 0 Å². The van der Waals surface area contributed by atoms with Crippen molar-refractivity contribution in [3.8, 4) is 0 Å². The van der Waals surface area contributed by atoms with Crippen LogP contribution in [0.3, 0.4) is 0 Å². The lowest BCUT2D eigenvalue weighted by molar-refractivity contribution is -0.139. The van der Waals surface area contributed by atoms with Gasteiger partial charge < -0.3 is 15.7 Å². The normalized spacial score (nSPS) is 12.9. The van der Waals surface area contributed by atoms with Gasteiger partial charge in [-0.05, 0) is 20.0 Å². The first-order valence-electron chi connectivity index (χ1n) is 3.83. The molecule has 4 heteroatoms. The van der Waals surface area contributed by atoms with E-state index in [1.165, 1.54) is 0 Å². The minimum atomic E-state index is -0.809. The van der Waals surface area contributed by atoms with Crippen LogP contribution in [0, 0.1) is 0 Å². The van der Waals surface area contributed by atoms with Crippen molar-refractivity contribution in [3.05, 3.63) is 0 Å². The molecule has 0 heterocycles. The van der Waals surface area contributed by atoms with E-state index in [0.29, 0.717) is 6.54 Å². The first-order valence-corrected chi connectivity index (χ1v) is 3.83. The smallest absolute Gasteiger partial charge is 0.322 e. The second kappa shape index (κ2) is 6.12. The number of hydrogen-bond acceptors (Lipinski definition) is 3. The van der Waals surface area contributed by atoms with E-state index in [9.17, 15) is 4.79 Å². The molecule has 0 rings (SSSR count). The lowest BCUT2D eigenvalue weighted by Crippen LogP contribution is -2.42. The Kier molecular flexibility index (Phi) is 5.78. The number of carbonyl (C=O) groups is 1. The van der Waals surface area contributed by atoms with E-state index in [1.54, 1.807) is 7.05 Å². The highest BCUT2D eigenvalue weighted by atomic mass is 16.4. The van der Waals surface area contributed by atoms with Crippen LogP contribution in [-0.4, -0.2) is 37.3 Å². The van der Waals surface area contributed by atoms with Gasteiger partial charge in [0.15, 0.2) is 0 Å². The molecule has 1 atom stereocenters. The largest absolute Gasteiger partial charge is 0.480 e. The number of rotatable bonds is 6. The van der Waals surface area contributed by atoms with Crippen LogP contribution in [-0.2, 0) is 4.79 Å². The Labute approximate surface area is 67.0 Å². The van der Waals surface area contributed by atoms with Crippen molar-refractivity contribution in [1.29, 1.82) is 0 Å². The summed E-state index contributed by atoms with van der Waals surface area (Å²) in [5.41, 5.74) is 0. The number of carboxylic acid groups (broad SMARTS) is 1. The third-order valence-corrected chi connectivity index (χ3v) is 1.42. The van der Waals surface area contributed by atoms with Crippen molar-refractivity contribution in [2.45, 2.75) is 19.4 Å². The zero-order valence-electron chi connectivity index (χ0n) is 7.05. The summed E-state index contributed by atoms with van der Waals surface area (Å²) in [5, 5.41) is 14.3. The van der Waals surface area contributed by atoms with Gasteiger partial charge in [-0.15, -0.1) is 0 Å². The molecule has 0 amide bonds. The molecule has 0 spiro atoms. The molecule has 11 heavy (non-hydrogen) atoms. The lowest BCUT2D eigenvalue weighted by atomic mass is 10.3. The molecule has 1 unspecified atom stereocenters. The number of nitrogens with one attached hydrogen (secondary N) is 2. The Balaban J connectivity index is 3.44. The third-order valence-electron chi connectivity index (χ3n) is 1.42. The van der Waals surface area contributed by atoms with Gasteiger partial charge in [0.25, 0.3) is 0 Å². The quantitative estimate of drug-likeness (QED) is 0.465. The van der Waals surface area contributed by atoms with Gasteiger partial charge in [-0.3, -0.25) is 4.79 Å². The molecule has 0 aromatic rings. The monoisotopic (exact) mass is 160 g/mol. The molecule has 0 aromatic carbocycles. The maximum atomic E-state index is 10.4. The summed E-state index contributed by atoms with van der Waals surface area (Å²) in [4.78, 5) is 10.4. The fourth-order valence-corrected chi connectivity index (χ4v) is 0.736.